The highest BCUT2D eigenvalue weighted by atomic mass is 16.9. The first-order chi connectivity index (χ1) is 17.4. The number of unbranched alkanes of at least 4 members (excludes halogenated alkanes) is 1. The lowest BCUT2D eigenvalue weighted by Gasteiger charge is -2.39. The van der Waals surface area contributed by atoms with Crippen LogP contribution in [0.2, 0.25) is 0 Å². The van der Waals surface area contributed by atoms with E-state index >= 15 is 0 Å². The van der Waals surface area contributed by atoms with E-state index < -0.39 is 22.7 Å². The molecule has 190 valence electrons. The van der Waals surface area contributed by atoms with Crippen LogP contribution in [0.25, 0.3) is 0 Å². The van der Waals surface area contributed by atoms with Gasteiger partial charge in [0.2, 0.25) is 6.10 Å². The molecule has 1 heterocycles. The first-order valence-electron chi connectivity index (χ1n) is 11.6. The Morgan fingerprint density at radius 1 is 1.00 bits per heavy atom. The van der Waals surface area contributed by atoms with Crippen LogP contribution >= 0.6 is 0 Å². The number of carbonyl (C=O) groups is 1. The minimum absolute atomic E-state index is 0.0464. The molecule has 10 nitrogen and oxygen atoms in total. The molecule has 0 radical (unpaired) electrons. The number of amides is 1. The summed E-state index contributed by atoms with van der Waals surface area (Å²) in [5.41, 5.74) is 1.49. The van der Waals surface area contributed by atoms with Crippen LogP contribution in [0.15, 0.2) is 66.7 Å². The molecule has 0 aliphatic heterocycles. The van der Waals surface area contributed by atoms with E-state index in [1.54, 1.807) is 0 Å². The number of methoxy groups -OCH3 is 1. The van der Waals surface area contributed by atoms with Crippen molar-refractivity contribution in [3.63, 3.8) is 0 Å². The number of ether oxygens (including phenoxy) is 2. The average molecular weight is 495 g/mol. The summed E-state index contributed by atoms with van der Waals surface area (Å²) in [5, 5.41) is 12.4. The minimum atomic E-state index is -1.33. The molecule has 1 unspecified atom stereocenters. The van der Waals surface area contributed by atoms with Crippen LogP contribution in [0.1, 0.15) is 35.4 Å². The van der Waals surface area contributed by atoms with E-state index in [0.717, 1.165) is 0 Å². The number of rotatable bonds is 13. The first kappa shape index (κ1) is 26.6. The van der Waals surface area contributed by atoms with E-state index in [1.807, 2.05) is 80.6 Å². The highest BCUT2D eigenvalue weighted by Crippen LogP contribution is 2.38. The van der Waals surface area contributed by atoms with Crippen molar-refractivity contribution in [2.75, 3.05) is 20.3 Å². The lowest BCUT2D eigenvalue weighted by atomic mass is 9.80. The van der Waals surface area contributed by atoms with E-state index in [2.05, 4.69) is 20.1 Å². The molecule has 0 aliphatic carbocycles. The second-order valence-corrected chi connectivity index (χ2v) is 8.16. The molecule has 2 aromatic carbocycles. The van der Waals surface area contributed by atoms with Crippen molar-refractivity contribution in [2.45, 2.75) is 38.4 Å². The monoisotopic (exact) mass is 494 g/mol. The van der Waals surface area contributed by atoms with Gasteiger partial charge in [0.1, 0.15) is 0 Å². The van der Waals surface area contributed by atoms with Gasteiger partial charge in [-0.2, -0.15) is 0 Å². The summed E-state index contributed by atoms with van der Waals surface area (Å²) in [6, 6.07) is 20.6. The summed E-state index contributed by atoms with van der Waals surface area (Å²) in [6.45, 7) is 3.86. The van der Waals surface area contributed by atoms with Gasteiger partial charge in [-0.3, -0.25) is 4.79 Å². The van der Waals surface area contributed by atoms with Crippen LogP contribution in [-0.2, 0) is 20.0 Å². The fraction of sp³-hybridized carbons (Fsp3) is 0.346. The molecule has 0 saturated heterocycles. The van der Waals surface area contributed by atoms with Gasteiger partial charge >= 0.3 is 6.01 Å². The molecule has 1 aromatic heterocycles. The molecule has 1 amide bonds. The van der Waals surface area contributed by atoms with Crippen LogP contribution in [0.4, 0.5) is 0 Å². The van der Waals surface area contributed by atoms with Gasteiger partial charge in [0.05, 0.1) is 6.61 Å². The van der Waals surface area contributed by atoms with E-state index in [-0.39, 0.29) is 19.2 Å². The molecule has 0 fully saturated rings. The second kappa shape index (κ2) is 12.6. The van der Waals surface area contributed by atoms with Gasteiger partial charge in [0.15, 0.2) is 5.60 Å². The van der Waals surface area contributed by atoms with E-state index in [4.69, 9.17) is 9.47 Å². The molecule has 36 heavy (non-hydrogen) atoms. The molecule has 10 heteroatoms. The van der Waals surface area contributed by atoms with Gasteiger partial charge in [0.25, 0.3) is 11.0 Å². The topological polar surface area (TPSA) is 126 Å². The van der Waals surface area contributed by atoms with Crippen molar-refractivity contribution in [1.82, 2.24) is 15.3 Å². The second-order valence-electron chi connectivity index (χ2n) is 8.16. The van der Waals surface area contributed by atoms with Gasteiger partial charge in [-0.05, 0) is 43.9 Å². The maximum absolute atomic E-state index is 13.7. The largest absolute Gasteiger partial charge is 0.446 e. The smallest absolute Gasteiger partial charge is 0.317 e. The molecule has 1 N–H and O–H groups in total. The molecule has 0 spiro atoms. The van der Waals surface area contributed by atoms with Gasteiger partial charge in [-0.25, -0.2) is 9.97 Å². The Morgan fingerprint density at radius 2 is 1.56 bits per heavy atom. The predicted molar refractivity (Wildman–Crippen MR) is 132 cm³/mol. The lowest BCUT2D eigenvalue weighted by molar-refractivity contribution is -0.757. The fourth-order valence-electron chi connectivity index (χ4n) is 4.03. The van der Waals surface area contributed by atoms with Crippen molar-refractivity contribution in [3.8, 4) is 6.01 Å². The van der Waals surface area contributed by atoms with Gasteiger partial charge < -0.3 is 19.6 Å². The molecule has 0 saturated carbocycles. The maximum Gasteiger partial charge on any atom is 0.317 e. The van der Waals surface area contributed by atoms with E-state index in [0.29, 0.717) is 35.4 Å². The number of nitrogens with one attached hydrogen (secondary N) is 1. The first-order valence-corrected chi connectivity index (χ1v) is 11.6. The van der Waals surface area contributed by atoms with Crippen LogP contribution in [0.3, 0.4) is 0 Å². The van der Waals surface area contributed by atoms with E-state index in [1.165, 1.54) is 7.11 Å². The van der Waals surface area contributed by atoms with Gasteiger partial charge in [0, 0.05) is 25.0 Å². The van der Waals surface area contributed by atoms with Crippen LogP contribution < -0.4 is 10.1 Å². The lowest BCUT2D eigenvalue weighted by Crippen LogP contribution is -2.54. The fourth-order valence-corrected chi connectivity index (χ4v) is 4.03. The highest BCUT2D eigenvalue weighted by Gasteiger charge is 2.49. The van der Waals surface area contributed by atoms with Crippen LogP contribution in [0.5, 0.6) is 6.01 Å². The summed E-state index contributed by atoms with van der Waals surface area (Å²) >= 11 is 0. The van der Waals surface area contributed by atoms with Crippen molar-refractivity contribution in [2.24, 2.45) is 0 Å². The maximum atomic E-state index is 13.7. The van der Waals surface area contributed by atoms with Crippen LogP contribution in [-0.4, -0.2) is 47.3 Å². The third-order valence-corrected chi connectivity index (χ3v) is 5.59. The molecule has 3 aromatic rings. The molecule has 0 aliphatic rings. The molecular weight excluding hydrogens is 464 g/mol. The molecule has 3 rings (SSSR count). The van der Waals surface area contributed by atoms with Crippen molar-refractivity contribution in [1.29, 1.82) is 0 Å². The highest BCUT2D eigenvalue weighted by molar-refractivity contribution is 5.83. The summed E-state index contributed by atoms with van der Waals surface area (Å²) < 4.78 is 12.4. The van der Waals surface area contributed by atoms with Crippen molar-refractivity contribution >= 4 is 5.91 Å². The minimum Gasteiger partial charge on any atom is -0.446 e. The Labute approximate surface area is 209 Å². The Kier molecular flexibility index (Phi) is 9.29. The summed E-state index contributed by atoms with van der Waals surface area (Å²) in [6.07, 6.45) is -0.327. The third-order valence-electron chi connectivity index (χ3n) is 5.59. The zero-order chi connectivity index (χ0) is 26.0. The summed E-state index contributed by atoms with van der Waals surface area (Å²) in [4.78, 5) is 37.1. The number of aryl methyl sites for hydroxylation is 2. The van der Waals surface area contributed by atoms with Crippen molar-refractivity contribution in [3.05, 3.63) is 99.4 Å². The number of carbonyl (C=O) groups excluding carboxylic acids is 1. The zero-order valence-corrected chi connectivity index (χ0v) is 20.5. The van der Waals surface area contributed by atoms with Crippen LogP contribution in [0, 0.1) is 24.0 Å². The SMILES string of the molecule is COC(c1ccccc1)(c1ccccc1)C(Oc1nc(C)cc(C)n1)C(=O)NCCCCO[N+](=O)[O-]. The number of aromatic nitrogens is 2. The normalized spacial score (nSPS) is 12.0. The Bertz CT molecular complexity index is 1080. The van der Waals surface area contributed by atoms with E-state index in [9.17, 15) is 14.9 Å². The summed E-state index contributed by atoms with van der Waals surface area (Å²) in [5.74, 6) is -0.442. The Morgan fingerprint density at radius 3 is 2.06 bits per heavy atom. The number of benzene rings is 2. The van der Waals surface area contributed by atoms with Gasteiger partial charge in [-0.1, -0.05) is 60.7 Å². The Balaban J connectivity index is 2.00. The summed E-state index contributed by atoms with van der Waals surface area (Å²) in [7, 11) is 1.53. The number of nitrogens with zero attached hydrogens (tertiary/aromatic N) is 3. The molecule has 1 atom stereocenters. The molecular formula is C26H30N4O6. The van der Waals surface area contributed by atoms with Crippen molar-refractivity contribution < 1.29 is 24.2 Å². The Hall–Kier alpha value is -4.05. The standard InChI is InChI=1S/C26H30N4O6/c1-19-18-20(2)29-25(28-19)36-23(24(31)27-16-10-11-17-35-30(32)33)26(34-3,21-12-6-4-7-13-21)22-14-8-5-9-15-22/h4-9,12-15,18,23H,10-11,16-17H2,1-3H3,(H,27,31). The third kappa shape index (κ3) is 6.54. The van der Waals surface area contributed by atoms with Gasteiger partial charge in [-0.15, -0.1) is 10.1 Å². The average Bonchev–Trinajstić information content (AvgIpc) is 2.86. The number of hydrogen-bond acceptors (Lipinski definition) is 8. The quantitative estimate of drug-likeness (QED) is 0.217. The number of hydrogen-bond donors (Lipinski definition) is 1. The zero-order valence-electron chi connectivity index (χ0n) is 20.5. The predicted octanol–water partition coefficient (Wildman–Crippen LogP) is 3.54. The molecule has 0 bridgehead atoms.